The maximum atomic E-state index is 12.8. The highest BCUT2D eigenvalue weighted by Gasteiger charge is 2.31. The molecule has 2 heterocycles. The van der Waals surface area contributed by atoms with Gasteiger partial charge in [-0.3, -0.25) is 4.79 Å². The van der Waals surface area contributed by atoms with E-state index in [4.69, 9.17) is 21.1 Å². The molecule has 0 aliphatic heterocycles. The number of fused-ring (bicyclic) bond motifs is 1. The Balaban J connectivity index is 1.46. The normalized spacial score (nSPS) is 11.4. The van der Waals surface area contributed by atoms with Crippen LogP contribution >= 0.6 is 11.6 Å². The zero-order valence-electron chi connectivity index (χ0n) is 19.0. The Morgan fingerprint density at radius 3 is 2.50 bits per heavy atom. The van der Waals surface area contributed by atoms with Crippen LogP contribution in [0.2, 0.25) is 5.02 Å². The number of carbonyl (C=O) groups is 2. The SMILES string of the molecule is CCOC(=O)c1cc2ccc(Oc3ccc(NC(=O)c4ccc(C(F)(F)F)cc4Cl)cn3)cc2n1C. The first kappa shape index (κ1) is 25.1. The molecule has 4 rings (SSSR count). The van der Waals surface area contributed by atoms with Crippen LogP contribution in [-0.2, 0) is 18.0 Å². The van der Waals surface area contributed by atoms with Crippen molar-refractivity contribution in [2.24, 2.45) is 7.05 Å². The Bertz CT molecular complexity index is 1450. The van der Waals surface area contributed by atoms with Crippen molar-refractivity contribution in [3.05, 3.63) is 82.6 Å². The van der Waals surface area contributed by atoms with Gasteiger partial charge < -0.3 is 19.4 Å². The number of ether oxygens (including phenoxy) is 2. The molecule has 2 aromatic carbocycles. The highest BCUT2D eigenvalue weighted by molar-refractivity contribution is 6.34. The Morgan fingerprint density at radius 2 is 1.86 bits per heavy atom. The van der Waals surface area contributed by atoms with E-state index in [9.17, 15) is 22.8 Å². The lowest BCUT2D eigenvalue weighted by Crippen LogP contribution is -2.14. The quantitative estimate of drug-likeness (QED) is 0.296. The van der Waals surface area contributed by atoms with Crippen LogP contribution in [0.5, 0.6) is 11.6 Å². The summed E-state index contributed by atoms with van der Waals surface area (Å²) in [5.74, 6) is -0.397. The van der Waals surface area contributed by atoms with Crippen LogP contribution in [0.25, 0.3) is 10.9 Å². The number of halogens is 4. The largest absolute Gasteiger partial charge is 0.461 e. The molecule has 0 spiro atoms. The van der Waals surface area contributed by atoms with Crippen LogP contribution in [0.4, 0.5) is 18.9 Å². The molecule has 1 amide bonds. The molecule has 0 radical (unpaired) electrons. The molecule has 0 atom stereocenters. The van der Waals surface area contributed by atoms with Gasteiger partial charge in [-0.15, -0.1) is 0 Å². The average molecular weight is 518 g/mol. The maximum absolute atomic E-state index is 12.8. The molecule has 186 valence electrons. The van der Waals surface area contributed by atoms with Crippen molar-refractivity contribution in [1.29, 1.82) is 0 Å². The van der Waals surface area contributed by atoms with Gasteiger partial charge in [0.15, 0.2) is 0 Å². The number of carbonyl (C=O) groups excluding carboxylic acids is 2. The van der Waals surface area contributed by atoms with Gasteiger partial charge in [0.25, 0.3) is 5.91 Å². The van der Waals surface area contributed by atoms with Crippen LogP contribution in [0.1, 0.15) is 33.3 Å². The fraction of sp³-hybridized carbons (Fsp3) is 0.160. The Kier molecular flexibility index (Phi) is 6.89. The molecular weight excluding hydrogens is 499 g/mol. The number of amides is 1. The highest BCUT2D eigenvalue weighted by Crippen LogP contribution is 2.32. The van der Waals surface area contributed by atoms with Crippen molar-refractivity contribution in [1.82, 2.24) is 9.55 Å². The summed E-state index contributed by atoms with van der Waals surface area (Å²) in [5.41, 5.74) is 0.407. The van der Waals surface area contributed by atoms with Gasteiger partial charge in [0.05, 0.1) is 40.2 Å². The number of hydrogen-bond acceptors (Lipinski definition) is 5. The first-order valence-corrected chi connectivity index (χ1v) is 11.0. The fourth-order valence-corrected chi connectivity index (χ4v) is 3.75. The lowest BCUT2D eigenvalue weighted by Gasteiger charge is -2.11. The van der Waals surface area contributed by atoms with Gasteiger partial charge in [0.2, 0.25) is 5.88 Å². The van der Waals surface area contributed by atoms with Crippen molar-refractivity contribution in [2.75, 3.05) is 11.9 Å². The highest BCUT2D eigenvalue weighted by atomic mass is 35.5. The number of alkyl halides is 3. The number of aryl methyl sites for hydroxylation is 1. The third kappa shape index (κ3) is 5.28. The minimum absolute atomic E-state index is 0.108. The molecule has 7 nitrogen and oxygen atoms in total. The molecule has 0 saturated heterocycles. The molecule has 1 N–H and O–H groups in total. The summed E-state index contributed by atoms with van der Waals surface area (Å²) in [6, 6.07) is 12.6. The maximum Gasteiger partial charge on any atom is 0.416 e. The van der Waals surface area contributed by atoms with E-state index in [1.807, 2.05) is 0 Å². The predicted molar refractivity (Wildman–Crippen MR) is 128 cm³/mol. The number of nitrogens with one attached hydrogen (secondary N) is 1. The van der Waals surface area contributed by atoms with Crippen molar-refractivity contribution in [3.8, 4) is 11.6 Å². The Labute approximate surface area is 208 Å². The number of benzene rings is 2. The van der Waals surface area contributed by atoms with Crippen LogP contribution in [0, 0.1) is 0 Å². The van der Waals surface area contributed by atoms with E-state index in [1.165, 1.54) is 18.3 Å². The predicted octanol–water partition coefficient (Wildman–Crippen LogP) is 6.47. The summed E-state index contributed by atoms with van der Waals surface area (Å²) in [4.78, 5) is 28.7. The van der Waals surface area contributed by atoms with Gasteiger partial charge >= 0.3 is 12.1 Å². The monoisotopic (exact) mass is 517 g/mol. The van der Waals surface area contributed by atoms with Gasteiger partial charge in [-0.25, -0.2) is 9.78 Å². The van der Waals surface area contributed by atoms with Gasteiger partial charge in [0.1, 0.15) is 11.4 Å². The Morgan fingerprint density at radius 1 is 1.08 bits per heavy atom. The van der Waals surface area contributed by atoms with Gasteiger partial charge in [0, 0.05) is 24.6 Å². The zero-order chi connectivity index (χ0) is 26.0. The summed E-state index contributed by atoms with van der Waals surface area (Å²) >= 11 is 5.88. The summed E-state index contributed by atoms with van der Waals surface area (Å²) in [5, 5.41) is 3.05. The van der Waals surface area contributed by atoms with Crippen molar-refractivity contribution in [2.45, 2.75) is 13.1 Å². The van der Waals surface area contributed by atoms with Crippen LogP contribution in [-0.4, -0.2) is 28.0 Å². The number of esters is 1. The lowest BCUT2D eigenvalue weighted by atomic mass is 10.1. The molecule has 0 aliphatic rings. The second-order valence-corrected chi connectivity index (χ2v) is 8.07. The summed E-state index contributed by atoms with van der Waals surface area (Å²) in [7, 11) is 1.75. The van der Waals surface area contributed by atoms with Gasteiger partial charge in [-0.1, -0.05) is 11.6 Å². The number of pyridine rings is 1. The van der Waals surface area contributed by atoms with E-state index < -0.39 is 23.6 Å². The summed E-state index contributed by atoms with van der Waals surface area (Å²) < 4.78 is 51.0. The minimum atomic E-state index is -4.56. The molecule has 0 fully saturated rings. The minimum Gasteiger partial charge on any atom is -0.461 e. The van der Waals surface area contributed by atoms with E-state index >= 15 is 0 Å². The van der Waals surface area contributed by atoms with Crippen LogP contribution in [0.3, 0.4) is 0 Å². The molecule has 0 unspecified atom stereocenters. The number of aromatic nitrogens is 2. The second kappa shape index (κ2) is 9.90. The summed E-state index contributed by atoms with van der Waals surface area (Å²) in [6.45, 7) is 2.01. The van der Waals surface area contributed by atoms with E-state index in [2.05, 4.69) is 10.3 Å². The van der Waals surface area contributed by atoms with E-state index in [-0.39, 0.29) is 23.1 Å². The van der Waals surface area contributed by atoms with Crippen molar-refractivity contribution >= 4 is 40.1 Å². The topological polar surface area (TPSA) is 82.4 Å². The molecule has 0 aliphatic carbocycles. The number of anilines is 1. The van der Waals surface area contributed by atoms with Crippen LogP contribution < -0.4 is 10.1 Å². The number of nitrogens with zero attached hydrogens (tertiary/aromatic N) is 2. The van der Waals surface area contributed by atoms with Crippen molar-refractivity contribution in [3.63, 3.8) is 0 Å². The molecule has 36 heavy (non-hydrogen) atoms. The number of hydrogen-bond donors (Lipinski definition) is 1. The fourth-order valence-electron chi connectivity index (χ4n) is 3.48. The molecule has 2 aromatic heterocycles. The molecule has 11 heteroatoms. The standard InChI is InChI=1S/C25H19ClF3N3O4/c1-3-35-24(34)21-10-14-4-7-17(12-20(14)32(21)2)36-22-9-6-16(13-30-22)31-23(33)18-8-5-15(11-19(18)26)25(27,28)29/h4-13H,3H2,1-2H3,(H,31,33). The molecule has 0 bridgehead atoms. The molecular formula is C25H19ClF3N3O4. The first-order chi connectivity index (χ1) is 17.1. The average Bonchev–Trinajstić information content (AvgIpc) is 3.16. The first-order valence-electron chi connectivity index (χ1n) is 10.7. The molecule has 0 saturated carbocycles. The second-order valence-electron chi connectivity index (χ2n) is 7.66. The van der Waals surface area contributed by atoms with Crippen molar-refractivity contribution < 1.29 is 32.2 Å². The van der Waals surface area contributed by atoms with Crippen LogP contribution in [0.15, 0.2) is 60.8 Å². The molecule has 4 aromatic rings. The number of rotatable bonds is 6. The zero-order valence-corrected chi connectivity index (χ0v) is 19.8. The van der Waals surface area contributed by atoms with E-state index in [0.717, 1.165) is 23.0 Å². The van der Waals surface area contributed by atoms with Gasteiger partial charge in [-0.05, 0) is 49.4 Å². The third-order valence-corrected chi connectivity index (χ3v) is 5.57. The lowest BCUT2D eigenvalue weighted by molar-refractivity contribution is -0.137. The van der Waals surface area contributed by atoms with Gasteiger partial charge in [-0.2, -0.15) is 13.2 Å². The van der Waals surface area contributed by atoms with E-state index in [1.54, 1.807) is 42.8 Å². The third-order valence-electron chi connectivity index (χ3n) is 5.26. The Hall–Kier alpha value is -4.05. The summed E-state index contributed by atoms with van der Waals surface area (Å²) in [6.07, 6.45) is -3.22. The smallest absolute Gasteiger partial charge is 0.416 e. The van der Waals surface area contributed by atoms with E-state index in [0.29, 0.717) is 23.2 Å².